The Kier molecular flexibility index (Phi) is 4.97. The van der Waals surface area contributed by atoms with E-state index in [0.29, 0.717) is 22.8 Å². The van der Waals surface area contributed by atoms with Gasteiger partial charge in [0.1, 0.15) is 5.75 Å². The largest absolute Gasteiger partial charge is 0.495 e. The minimum Gasteiger partial charge on any atom is -0.495 e. The van der Waals surface area contributed by atoms with Crippen LogP contribution in [-0.4, -0.2) is 40.1 Å². The molecule has 0 fully saturated rings. The molecule has 0 aliphatic rings. The quantitative estimate of drug-likeness (QED) is 0.697. The summed E-state index contributed by atoms with van der Waals surface area (Å²) in [6.45, 7) is 1.14. The molecule has 0 saturated carbocycles. The van der Waals surface area contributed by atoms with Gasteiger partial charge in [0, 0.05) is 18.8 Å². The van der Waals surface area contributed by atoms with E-state index >= 15 is 0 Å². The maximum atomic E-state index is 12.2. The monoisotopic (exact) mass is 355 g/mol. The summed E-state index contributed by atoms with van der Waals surface area (Å²) in [6, 6.07) is 10.6. The Bertz CT molecular complexity index is 953. The summed E-state index contributed by atoms with van der Waals surface area (Å²) in [4.78, 5) is 23.4. The zero-order valence-electron chi connectivity index (χ0n) is 14.2. The average molecular weight is 355 g/mol. The Morgan fingerprint density at radius 2 is 2.00 bits per heavy atom. The molecule has 9 nitrogen and oxygen atoms in total. The van der Waals surface area contributed by atoms with Crippen molar-refractivity contribution in [2.45, 2.75) is 6.92 Å². The highest BCUT2D eigenvalue weighted by molar-refractivity contribution is 5.95. The smallest absolute Gasteiger partial charge is 0.322 e. The molecule has 3 aromatic rings. The van der Waals surface area contributed by atoms with Crippen molar-refractivity contribution in [3.05, 3.63) is 42.6 Å². The van der Waals surface area contributed by atoms with Gasteiger partial charge in [-0.05, 0) is 30.3 Å². The number of carbonyl (C=O) groups is 2. The SMILES string of the molecule is COc1ccc(NC(C)=O)cc1NC(=O)COc1nnc2ccccn12. The number of amides is 2. The number of hydrogen-bond acceptors (Lipinski definition) is 6. The number of hydrogen-bond donors (Lipinski definition) is 2. The van der Waals surface area contributed by atoms with E-state index in [9.17, 15) is 9.59 Å². The first-order valence-corrected chi connectivity index (χ1v) is 7.75. The number of fused-ring (bicyclic) bond motifs is 1. The highest BCUT2D eigenvalue weighted by Crippen LogP contribution is 2.27. The molecular formula is C17H17N5O4. The molecule has 9 heteroatoms. The Morgan fingerprint density at radius 1 is 1.15 bits per heavy atom. The normalized spacial score (nSPS) is 10.4. The van der Waals surface area contributed by atoms with Crippen LogP contribution >= 0.6 is 0 Å². The molecule has 3 rings (SSSR count). The molecule has 0 aliphatic carbocycles. The summed E-state index contributed by atoms with van der Waals surface area (Å²) in [6.07, 6.45) is 1.74. The van der Waals surface area contributed by atoms with Crippen molar-refractivity contribution < 1.29 is 19.1 Å². The van der Waals surface area contributed by atoms with Crippen LogP contribution in [0.2, 0.25) is 0 Å². The predicted octanol–water partition coefficient (Wildman–Crippen LogP) is 1.71. The number of rotatable bonds is 6. The molecule has 0 radical (unpaired) electrons. The number of nitrogens with zero attached hydrogens (tertiary/aromatic N) is 3. The molecule has 2 heterocycles. The lowest BCUT2D eigenvalue weighted by Crippen LogP contribution is -2.21. The van der Waals surface area contributed by atoms with Crippen LogP contribution in [0.15, 0.2) is 42.6 Å². The number of benzene rings is 1. The first-order valence-electron chi connectivity index (χ1n) is 7.75. The van der Waals surface area contributed by atoms with Crippen molar-refractivity contribution in [3.63, 3.8) is 0 Å². The minimum atomic E-state index is -0.407. The molecule has 134 valence electrons. The van der Waals surface area contributed by atoms with Gasteiger partial charge >= 0.3 is 6.01 Å². The van der Waals surface area contributed by atoms with Gasteiger partial charge < -0.3 is 20.1 Å². The summed E-state index contributed by atoms with van der Waals surface area (Å²) in [5.41, 5.74) is 1.57. The van der Waals surface area contributed by atoms with Gasteiger partial charge in [-0.25, -0.2) is 0 Å². The van der Waals surface area contributed by atoms with Gasteiger partial charge in [0.2, 0.25) is 5.91 Å². The van der Waals surface area contributed by atoms with Crippen molar-refractivity contribution in [1.29, 1.82) is 0 Å². The molecule has 0 aliphatic heterocycles. The topological polar surface area (TPSA) is 107 Å². The molecule has 0 unspecified atom stereocenters. The summed E-state index contributed by atoms with van der Waals surface area (Å²) >= 11 is 0. The number of carbonyl (C=O) groups excluding carboxylic acids is 2. The van der Waals surface area contributed by atoms with Gasteiger partial charge in [0.25, 0.3) is 5.91 Å². The second-order valence-electron chi connectivity index (χ2n) is 5.34. The van der Waals surface area contributed by atoms with E-state index in [-0.39, 0.29) is 18.5 Å². The number of pyridine rings is 1. The molecule has 1 aromatic carbocycles. The molecule has 2 amide bonds. The maximum absolute atomic E-state index is 12.2. The van der Waals surface area contributed by atoms with Crippen LogP contribution in [0.4, 0.5) is 11.4 Å². The van der Waals surface area contributed by atoms with Crippen molar-refractivity contribution in [3.8, 4) is 11.8 Å². The lowest BCUT2D eigenvalue weighted by molar-refractivity contribution is -0.118. The molecule has 0 atom stereocenters. The van der Waals surface area contributed by atoms with Gasteiger partial charge in [-0.2, -0.15) is 0 Å². The lowest BCUT2D eigenvalue weighted by atomic mass is 10.2. The van der Waals surface area contributed by atoms with Crippen LogP contribution in [0.25, 0.3) is 5.65 Å². The highest BCUT2D eigenvalue weighted by Gasteiger charge is 2.12. The van der Waals surface area contributed by atoms with Crippen LogP contribution in [0, 0.1) is 0 Å². The molecule has 0 spiro atoms. The zero-order valence-corrected chi connectivity index (χ0v) is 14.2. The van der Waals surface area contributed by atoms with E-state index in [4.69, 9.17) is 9.47 Å². The van der Waals surface area contributed by atoms with Crippen LogP contribution in [0.3, 0.4) is 0 Å². The van der Waals surface area contributed by atoms with E-state index in [1.807, 2.05) is 12.1 Å². The fourth-order valence-corrected chi connectivity index (χ4v) is 2.32. The first kappa shape index (κ1) is 17.2. The van der Waals surface area contributed by atoms with E-state index < -0.39 is 5.91 Å². The van der Waals surface area contributed by atoms with E-state index in [0.717, 1.165) is 0 Å². The lowest BCUT2D eigenvalue weighted by Gasteiger charge is -2.12. The Balaban J connectivity index is 1.68. The van der Waals surface area contributed by atoms with Crippen molar-refractivity contribution in [1.82, 2.24) is 14.6 Å². The number of methoxy groups -OCH3 is 1. The third kappa shape index (κ3) is 3.89. The summed E-state index contributed by atoms with van der Waals surface area (Å²) in [5, 5.41) is 13.2. The minimum absolute atomic E-state index is 0.213. The van der Waals surface area contributed by atoms with Gasteiger partial charge in [0.15, 0.2) is 12.3 Å². The second kappa shape index (κ2) is 7.51. The molecule has 0 bridgehead atoms. The van der Waals surface area contributed by atoms with Crippen molar-refractivity contribution in [2.24, 2.45) is 0 Å². The van der Waals surface area contributed by atoms with Gasteiger partial charge in [0.05, 0.1) is 12.8 Å². The number of nitrogens with one attached hydrogen (secondary N) is 2. The summed E-state index contributed by atoms with van der Waals surface area (Å²) < 4.78 is 12.3. The average Bonchev–Trinajstić information content (AvgIpc) is 3.03. The number of aromatic nitrogens is 3. The molecule has 0 saturated heterocycles. The zero-order chi connectivity index (χ0) is 18.5. The number of ether oxygens (including phenoxy) is 2. The maximum Gasteiger partial charge on any atom is 0.322 e. The van der Waals surface area contributed by atoms with Crippen molar-refractivity contribution in [2.75, 3.05) is 24.4 Å². The van der Waals surface area contributed by atoms with Gasteiger partial charge in [-0.15, -0.1) is 5.10 Å². The molecule has 26 heavy (non-hydrogen) atoms. The third-order valence-electron chi connectivity index (χ3n) is 3.41. The standard InChI is InChI=1S/C17H17N5O4/c1-11(23)18-12-6-7-14(25-2)13(9-12)19-16(24)10-26-17-21-20-15-5-3-4-8-22(15)17/h3-9H,10H2,1-2H3,(H,18,23)(H,19,24). The Hall–Kier alpha value is -3.62. The highest BCUT2D eigenvalue weighted by atomic mass is 16.5. The Morgan fingerprint density at radius 3 is 2.77 bits per heavy atom. The summed E-state index contributed by atoms with van der Waals surface area (Å²) in [5.74, 6) is -0.161. The summed E-state index contributed by atoms with van der Waals surface area (Å²) in [7, 11) is 1.49. The third-order valence-corrected chi connectivity index (χ3v) is 3.41. The molecule has 2 N–H and O–H groups in total. The fraction of sp³-hybridized carbons (Fsp3) is 0.176. The van der Waals surface area contributed by atoms with Crippen LogP contribution in [0.1, 0.15) is 6.92 Å². The van der Waals surface area contributed by atoms with Crippen LogP contribution < -0.4 is 20.1 Å². The van der Waals surface area contributed by atoms with Gasteiger partial charge in [-0.3, -0.25) is 14.0 Å². The van der Waals surface area contributed by atoms with E-state index in [1.54, 1.807) is 34.9 Å². The fourth-order valence-electron chi connectivity index (χ4n) is 2.32. The van der Waals surface area contributed by atoms with Crippen LogP contribution in [0.5, 0.6) is 11.8 Å². The van der Waals surface area contributed by atoms with Crippen LogP contribution in [-0.2, 0) is 9.59 Å². The van der Waals surface area contributed by atoms with Gasteiger partial charge in [-0.1, -0.05) is 11.2 Å². The second-order valence-corrected chi connectivity index (χ2v) is 5.34. The number of anilines is 2. The molecular weight excluding hydrogens is 338 g/mol. The van der Waals surface area contributed by atoms with E-state index in [2.05, 4.69) is 20.8 Å². The van der Waals surface area contributed by atoms with Crippen molar-refractivity contribution >= 4 is 28.8 Å². The first-order chi connectivity index (χ1) is 12.6. The predicted molar refractivity (Wildman–Crippen MR) is 94.4 cm³/mol. The van der Waals surface area contributed by atoms with E-state index in [1.165, 1.54) is 14.0 Å². The Labute approximate surface area is 148 Å². The molecule has 2 aromatic heterocycles.